The first-order chi connectivity index (χ1) is 7.70. The van der Waals surface area contributed by atoms with Gasteiger partial charge in [0.15, 0.2) is 0 Å². The Labute approximate surface area is 100 Å². The Bertz CT molecular complexity index is 424. The zero-order valence-corrected chi connectivity index (χ0v) is 10.3. The zero-order chi connectivity index (χ0) is 13.2. The number of aromatic hydroxyl groups is 1. The number of phenolic OH excluding ortho intramolecular Hbond substituents is 1. The van der Waals surface area contributed by atoms with Crippen LogP contribution in [0.25, 0.3) is 0 Å². The molecule has 0 aliphatic rings. The summed E-state index contributed by atoms with van der Waals surface area (Å²) in [4.78, 5) is 13.4. The predicted molar refractivity (Wildman–Crippen MR) is 65.8 cm³/mol. The summed E-state index contributed by atoms with van der Waals surface area (Å²) in [6.07, 6.45) is 0. The van der Waals surface area contributed by atoms with Gasteiger partial charge in [0.1, 0.15) is 5.75 Å². The van der Waals surface area contributed by atoms with Gasteiger partial charge in [0.25, 0.3) is 5.91 Å². The van der Waals surface area contributed by atoms with Crippen molar-refractivity contribution in [2.45, 2.75) is 19.4 Å². The number of amides is 1. The molecule has 5 heteroatoms. The number of hydrogen-bond acceptors (Lipinski definition) is 4. The van der Waals surface area contributed by atoms with Gasteiger partial charge in [-0.2, -0.15) is 0 Å². The van der Waals surface area contributed by atoms with E-state index in [2.05, 4.69) is 0 Å². The number of anilines is 1. The second-order valence-electron chi connectivity index (χ2n) is 4.75. The smallest absolute Gasteiger partial charge is 0.255 e. The van der Waals surface area contributed by atoms with E-state index < -0.39 is 5.60 Å². The van der Waals surface area contributed by atoms with E-state index in [0.717, 1.165) is 0 Å². The second-order valence-corrected chi connectivity index (χ2v) is 4.75. The number of aliphatic hydroxyl groups is 1. The van der Waals surface area contributed by atoms with Crippen molar-refractivity contribution in [3.05, 3.63) is 23.8 Å². The summed E-state index contributed by atoms with van der Waals surface area (Å²) in [5.41, 5.74) is 5.23. The van der Waals surface area contributed by atoms with E-state index in [4.69, 9.17) is 5.73 Å². The molecule has 17 heavy (non-hydrogen) atoms. The van der Waals surface area contributed by atoms with Gasteiger partial charge in [-0.05, 0) is 32.0 Å². The highest BCUT2D eigenvalue weighted by atomic mass is 16.3. The lowest BCUT2D eigenvalue weighted by molar-refractivity contribution is 0.0368. The topological polar surface area (TPSA) is 86.8 Å². The minimum absolute atomic E-state index is 0.0146. The molecule has 0 aliphatic carbocycles. The Morgan fingerprint density at radius 2 is 2.06 bits per heavy atom. The van der Waals surface area contributed by atoms with Crippen molar-refractivity contribution in [2.24, 2.45) is 0 Å². The molecule has 0 spiro atoms. The third kappa shape index (κ3) is 3.64. The number of rotatable bonds is 3. The number of carbonyl (C=O) groups is 1. The standard InChI is InChI=1S/C12H18N2O3/c1-12(2,17)7-14(3)11(16)9-6-8(15)4-5-10(9)13/h4-6,15,17H,7,13H2,1-3H3. The first-order valence-electron chi connectivity index (χ1n) is 5.27. The maximum atomic E-state index is 12.0. The summed E-state index contributed by atoms with van der Waals surface area (Å²) in [5, 5.41) is 19.0. The number of nitrogens with zero attached hydrogens (tertiary/aromatic N) is 1. The molecule has 0 radical (unpaired) electrons. The highest BCUT2D eigenvalue weighted by molar-refractivity contribution is 5.99. The zero-order valence-electron chi connectivity index (χ0n) is 10.3. The Kier molecular flexibility index (Phi) is 3.63. The molecule has 0 heterocycles. The maximum Gasteiger partial charge on any atom is 0.255 e. The monoisotopic (exact) mass is 238 g/mol. The molecule has 0 saturated heterocycles. The molecule has 94 valence electrons. The fraction of sp³-hybridized carbons (Fsp3) is 0.417. The molecule has 1 amide bonds. The average Bonchev–Trinajstić information content (AvgIpc) is 2.18. The van der Waals surface area contributed by atoms with E-state index in [1.165, 1.54) is 23.1 Å². The molecule has 1 rings (SSSR count). The molecule has 1 aromatic carbocycles. The molecule has 0 fully saturated rings. The molecule has 0 aliphatic heterocycles. The van der Waals surface area contributed by atoms with Gasteiger partial charge in [-0.3, -0.25) is 4.79 Å². The van der Waals surface area contributed by atoms with Crippen molar-refractivity contribution in [1.29, 1.82) is 0 Å². The lowest BCUT2D eigenvalue weighted by Crippen LogP contribution is -2.39. The molecule has 1 aromatic rings. The SMILES string of the molecule is CN(CC(C)(C)O)C(=O)c1cc(O)ccc1N. The van der Waals surface area contributed by atoms with Gasteiger partial charge >= 0.3 is 0 Å². The molecule has 0 unspecified atom stereocenters. The molecule has 0 saturated carbocycles. The number of hydrogen-bond donors (Lipinski definition) is 3. The Morgan fingerprint density at radius 3 is 2.59 bits per heavy atom. The summed E-state index contributed by atoms with van der Waals surface area (Å²) in [7, 11) is 1.57. The van der Waals surface area contributed by atoms with E-state index in [1.54, 1.807) is 20.9 Å². The Morgan fingerprint density at radius 1 is 1.47 bits per heavy atom. The number of carbonyl (C=O) groups excluding carboxylic acids is 1. The largest absolute Gasteiger partial charge is 0.508 e. The van der Waals surface area contributed by atoms with Crippen LogP contribution in [0.5, 0.6) is 5.75 Å². The quantitative estimate of drug-likeness (QED) is 0.537. The fourth-order valence-corrected chi connectivity index (χ4v) is 1.59. The normalized spacial score (nSPS) is 11.3. The van der Waals surface area contributed by atoms with Gasteiger partial charge in [-0.1, -0.05) is 0 Å². The van der Waals surface area contributed by atoms with E-state index in [0.29, 0.717) is 5.69 Å². The molecular weight excluding hydrogens is 220 g/mol. The van der Waals surface area contributed by atoms with Crippen LogP contribution in [0.2, 0.25) is 0 Å². The van der Waals surface area contributed by atoms with Crippen molar-refractivity contribution in [3.8, 4) is 5.75 Å². The highest BCUT2D eigenvalue weighted by Gasteiger charge is 2.21. The van der Waals surface area contributed by atoms with Gasteiger partial charge in [0, 0.05) is 19.3 Å². The van der Waals surface area contributed by atoms with Crippen molar-refractivity contribution < 1.29 is 15.0 Å². The maximum absolute atomic E-state index is 12.0. The van der Waals surface area contributed by atoms with E-state index in [9.17, 15) is 15.0 Å². The second kappa shape index (κ2) is 4.63. The van der Waals surface area contributed by atoms with E-state index in [1.807, 2.05) is 0 Å². The third-order valence-electron chi connectivity index (χ3n) is 2.24. The minimum Gasteiger partial charge on any atom is -0.508 e. The first-order valence-corrected chi connectivity index (χ1v) is 5.27. The molecule has 0 aromatic heterocycles. The summed E-state index contributed by atoms with van der Waals surface area (Å²) in [5.74, 6) is -0.347. The van der Waals surface area contributed by atoms with Crippen LogP contribution in [-0.2, 0) is 0 Å². The van der Waals surface area contributed by atoms with E-state index >= 15 is 0 Å². The van der Waals surface area contributed by atoms with Crippen LogP contribution >= 0.6 is 0 Å². The number of nitrogen functional groups attached to an aromatic ring is 1. The lowest BCUT2D eigenvalue weighted by Gasteiger charge is -2.26. The molecule has 5 nitrogen and oxygen atoms in total. The van der Waals surface area contributed by atoms with Crippen LogP contribution in [0.4, 0.5) is 5.69 Å². The van der Waals surface area contributed by atoms with Crippen molar-refractivity contribution in [3.63, 3.8) is 0 Å². The van der Waals surface area contributed by atoms with Gasteiger partial charge in [-0.15, -0.1) is 0 Å². The molecule has 0 bridgehead atoms. The van der Waals surface area contributed by atoms with Crippen LogP contribution in [0.1, 0.15) is 24.2 Å². The van der Waals surface area contributed by atoms with Crippen LogP contribution in [0.15, 0.2) is 18.2 Å². The van der Waals surface area contributed by atoms with Gasteiger partial charge in [0.2, 0.25) is 0 Å². The average molecular weight is 238 g/mol. The summed E-state index contributed by atoms with van der Waals surface area (Å²) >= 11 is 0. The van der Waals surface area contributed by atoms with Gasteiger partial charge in [0.05, 0.1) is 11.2 Å². The Balaban J connectivity index is 2.93. The summed E-state index contributed by atoms with van der Waals surface area (Å²) in [6.45, 7) is 3.41. The predicted octanol–water partition coefficient (Wildman–Crippen LogP) is 0.817. The number of phenols is 1. The number of benzene rings is 1. The van der Waals surface area contributed by atoms with Crippen LogP contribution in [0.3, 0.4) is 0 Å². The van der Waals surface area contributed by atoms with Crippen molar-refractivity contribution >= 4 is 11.6 Å². The minimum atomic E-state index is -0.976. The van der Waals surface area contributed by atoms with E-state index in [-0.39, 0.29) is 23.8 Å². The molecular formula is C12H18N2O3. The highest BCUT2D eigenvalue weighted by Crippen LogP contribution is 2.20. The molecule has 0 atom stereocenters. The summed E-state index contributed by atoms with van der Waals surface area (Å²) < 4.78 is 0. The van der Waals surface area contributed by atoms with Gasteiger partial charge < -0.3 is 20.8 Å². The van der Waals surface area contributed by atoms with Crippen LogP contribution in [0, 0.1) is 0 Å². The van der Waals surface area contributed by atoms with Crippen LogP contribution in [-0.4, -0.2) is 40.2 Å². The molecule has 4 N–H and O–H groups in total. The number of nitrogens with two attached hydrogens (primary N) is 1. The van der Waals surface area contributed by atoms with Gasteiger partial charge in [-0.25, -0.2) is 0 Å². The summed E-state index contributed by atoms with van der Waals surface area (Å²) in [6, 6.07) is 4.21. The fourth-order valence-electron chi connectivity index (χ4n) is 1.59. The van der Waals surface area contributed by atoms with Crippen LogP contribution < -0.4 is 5.73 Å². The third-order valence-corrected chi connectivity index (χ3v) is 2.24. The first kappa shape index (κ1) is 13.3. The number of likely N-dealkylation sites (N-methyl/N-ethyl adjacent to an activating group) is 1. The van der Waals surface area contributed by atoms with Crippen molar-refractivity contribution in [2.75, 3.05) is 19.3 Å². The Hall–Kier alpha value is -1.75. The lowest BCUT2D eigenvalue weighted by atomic mass is 10.1. The van der Waals surface area contributed by atoms with Crippen molar-refractivity contribution in [1.82, 2.24) is 4.90 Å².